The Bertz CT molecular complexity index is 641. The Balaban J connectivity index is 1.94. The predicted molar refractivity (Wildman–Crippen MR) is 86.2 cm³/mol. The summed E-state index contributed by atoms with van der Waals surface area (Å²) in [5.41, 5.74) is 1.49. The molecule has 0 aliphatic heterocycles. The number of hydrogen-bond acceptors (Lipinski definition) is 2. The molecular weight excluding hydrogens is 277 g/mol. The fraction of sp³-hybridized carbons (Fsp3) is 0.316. The van der Waals surface area contributed by atoms with E-state index in [2.05, 4.69) is 5.32 Å². The second kappa shape index (κ2) is 6.73. The van der Waals surface area contributed by atoms with Crippen LogP contribution < -0.4 is 5.32 Å². The van der Waals surface area contributed by atoms with Gasteiger partial charge in [-0.2, -0.15) is 0 Å². The van der Waals surface area contributed by atoms with Gasteiger partial charge < -0.3 is 5.32 Å². The number of anilines is 1. The first-order valence-corrected chi connectivity index (χ1v) is 7.84. The summed E-state index contributed by atoms with van der Waals surface area (Å²) in [6.07, 6.45) is 3.40. The molecular formula is C19H20FNO. The smallest absolute Gasteiger partial charge is 0.138 e. The van der Waals surface area contributed by atoms with E-state index >= 15 is 0 Å². The highest BCUT2D eigenvalue weighted by atomic mass is 19.1. The summed E-state index contributed by atoms with van der Waals surface area (Å²) >= 11 is 0. The summed E-state index contributed by atoms with van der Waals surface area (Å²) < 4.78 is 14.3. The van der Waals surface area contributed by atoms with Crippen molar-refractivity contribution < 1.29 is 9.18 Å². The predicted octanol–water partition coefficient (Wildman–Crippen LogP) is 4.74. The van der Waals surface area contributed by atoms with E-state index in [0.717, 1.165) is 24.9 Å². The lowest BCUT2D eigenvalue weighted by Crippen LogP contribution is -2.30. The summed E-state index contributed by atoms with van der Waals surface area (Å²) in [7, 11) is 0. The Hall–Kier alpha value is -2.16. The number of para-hydroxylation sites is 1. The van der Waals surface area contributed by atoms with Crippen molar-refractivity contribution in [1.29, 1.82) is 0 Å². The second-order valence-corrected chi connectivity index (χ2v) is 5.83. The third-order valence-electron chi connectivity index (χ3n) is 4.34. The van der Waals surface area contributed by atoms with Crippen molar-refractivity contribution in [3.05, 3.63) is 66.0 Å². The van der Waals surface area contributed by atoms with Crippen LogP contribution in [0, 0.1) is 11.7 Å². The molecule has 0 aromatic heterocycles. The number of nitrogens with one attached hydrogen (secondary N) is 1. The lowest BCUT2D eigenvalue weighted by molar-refractivity contribution is -0.125. The molecule has 0 radical (unpaired) electrons. The van der Waals surface area contributed by atoms with Crippen LogP contribution in [-0.4, -0.2) is 5.78 Å². The van der Waals surface area contributed by atoms with Crippen LogP contribution in [0.1, 0.15) is 37.3 Å². The van der Waals surface area contributed by atoms with E-state index in [1.807, 2.05) is 36.4 Å². The minimum absolute atomic E-state index is 0.161. The topological polar surface area (TPSA) is 29.1 Å². The lowest BCUT2D eigenvalue weighted by atomic mass is 9.80. The maximum atomic E-state index is 14.3. The molecule has 2 aromatic rings. The molecule has 114 valence electrons. The first-order valence-electron chi connectivity index (χ1n) is 7.84. The van der Waals surface area contributed by atoms with Crippen molar-refractivity contribution in [2.24, 2.45) is 5.92 Å². The first kappa shape index (κ1) is 14.8. The van der Waals surface area contributed by atoms with E-state index in [9.17, 15) is 9.18 Å². The quantitative estimate of drug-likeness (QED) is 0.883. The number of carbonyl (C=O) groups excluding carboxylic acids is 1. The molecule has 0 unspecified atom stereocenters. The molecule has 0 bridgehead atoms. The Morgan fingerprint density at radius 3 is 2.45 bits per heavy atom. The van der Waals surface area contributed by atoms with E-state index in [-0.39, 0.29) is 23.6 Å². The Kier molecular flexibility index (Phi) is 4.52. The van der Waals surface area contributed by atoms with Crippen LogP contribution in [0.2, 0.25) is 0 Å². The van der Waals surface area contributed by atoms with Gasteiger partial charge in [0.05, 0.1) is 6.04 Å². The van der Waals surface area contributed by atoms with Crippen LogP contribution in [0.5, 0.6) is 0 Å². The number of Topliss-reactive ketones (excluding diaryl/α,β-unsaturated/α-hetero) is 1. The average molecular weight is 297 g/mol. The fourth-order valence-corrected chi connectivity index (χ4v) is 3.20. The highest BCUT2D eigenvalue weighted by molar-refractivity contribution is 5.83. The van der Waals surface area contributed by atoms with E-state index in [1.54, 1.807) is 12.1 Å². The standard InChI is InChI=1S/C19H20FNO/c20-17-12-6-4-10-15(17)19(16-11-5-7-13-18(16)22)21-14-8-2-1-3-9-14/h1-4,6,8-10,12,16,19,21H,5,7,11,13H2/t16-,19-/m0/s1. The largest absolute Gasteiger partial charge is 0.377 e. The molecule has 2 nitrogen and oxygen atoms in total. The number of carbonyl (C=O) groups is 1. The Morgan fingerprint density at radius 1 is 1.00 bits per heavy atom. The molecule has 2 aromatic carbocycles. The SMILES string of the molecule is O=C1CCCC[C@@H]1[C@@H](Nc1ccccc1)c1ccccc1F. The average Bonchev–Trinajstić information content (AvgIpc) is 2.55. The zero-order chi connectivity index (χ0) is 15.4. The third-order valence-corrected chi connectivity index (χ3v) is 4.34. The van der Waals surface area contributed by atoms with Crippen LogP contribution in [0.4, 0.5) is 10.1 Å². The van der Waals surface area contributed by atoms with Crippen molar-refractivity contribution in [2.45, 2.75) is 31.7 Å². The van der Waals surface area contributed by atoms with Gasteiger partial charge in [0.1, 0.15) is 11.6 Å². The van der Waals surface area contributed by atoms with Crippen molar-refractivity contribution in [2.75, 3.05) is 5.32 Å². The summed E-state index contributed by atoms with van der Waals surface area (Å²) in [4.78, 5) is 12.3. The third kappa shape index (κ3) is 3.19. The molecule has 1 fully saturated rings. The number of rotatable bonds is 4. The highest BCUT2D eigenvalue weighted by Crippen LogP contribution is 2.35. The van der Waals surface area contributed by atoms with E-state index in [1.165, 1.54) is 6.07 Å². The molecule has 0 heterocycles. The van der Waals surface area contributed by atoms with Gasteiger partial charge in [0.25, 0.3) is 0 Å². The van der Waals surface area contributed by atoms with Crippen LogP contribution in [0.25, 0.3) is 0 Å². The van der Waals surface area contributed by atoms with Gasteiger partial charge in [-0.3, -0.25) is 4.79 Å². The maximum Gasteiger partial charge on any atom is 0.138 e. The summed E-state index contributed by atoms with van der Waals surface area (Å²) in [5.74, 6) is -0.178. The van der Waals surface area contributed by atoms with Gasteiger partial charge in [-0.25, -0.2) is 4.39 Å². The summed E-state index contributed by atoms with van der Waals surface area (Å²) in [5, 5.41) is 3.38. The minimum Gasteiger partial charge on any atom is -0.377 e. The molecule has 0 spiro atoms. The fourth-order valence-electron chi connectivity index (χ4n) is 3.20. The summed E-state index contributed by atoms with van der Waals surface area (Å²) in [6, 6.07) is 16.1. The lowest BCUT2D eigenvalue weighted by Gasteiger charge is -2.31. The second-order valence-electron chi connectivity index (χ2n) is 5.83. The van der Waals surface area contributed by atoms with Crippen LogP contribution in [-0.2, 0) is 4.79 Å². The van der Waals surface area contributed by atoms with Crippen molar-refractivity contribution in [3.63, 3.8) is 0 Å². The normalized spacial score (nSPS) is 19.7. The van der Waals surface area contributed by atoms with Gasteiger partial charge in [-0.1, -0.05) is 42.8 Å². The molecule has 3 heteroatoms. The number of benzene rings is 2. The molecule has 22 heavy (non-hydrogen) atoms. The molecule has 1 aliphatic rings. The van der Waals surface area contributed by atoms with Gasteiger partial charge in [-0.15, -0.1) is 0 Å². The molecule has 1 aliphatic carbocycles. The maximum absolute atomic E-state index is 14.3. The van der Waals surface area contributed by atoms with Gasteiger partial charge in [0.15, 0.2) is 0 Å². The molecule has 0 amide bonds. The van der Waals surface area contributed by atoms with Gasteiger partial charge in [0, 0.05) is 23.6 Å². The van der Waals surface area contributed by atoms with E-state index in [0.29, 0.717) is 12.0 Å². The van der Waals surface area contributed by atoms with Gasteiger partial charge >= 0.3 is 0 Å². The van der Waals surface area contributed by atoms with E-state index < -0.39 is 0 Å². The minimum atomic E-state index is -0.309. The molecule has 1 saturated carbocycles. The van der Waals surface area contributed by atoms with Crippen LogP contribution >= 0.6 is 0 Å². The first-order chi connectivity index (χ1) is 10.8. The van der Waals surface area contributed by atoms with Crippen molar-refractivity contribution in [3.8, 4) is 0 Å². The van der Waals surface area contributed by atoms with Gasteiger partial charge in [0.2, 0.25) is 0 Å². The number of ketones is 1. The molecule has 2 atom stereocenters. The Labute approximate surface area is 130 Å². The monoisotopic (exact) mass is 297 g/mol. The number of hydrogen-bond donors (Lipinski definition) is 1. The summed E-state index contributed by atoms with van der Waals surface area (Å²) in [6.45, 7) is 0. The van der Waals surface area contributed by atoms with Crippen molar-refractivity contribution in [1.82, 2.24) is 0 Å². The van der Waals surface area contributed by atoms with Crippen LogP contribution in [0.3, 0.4) is 0 Å². The van der Waals surface area contributed by atoms with E-state index in [4.69, 9.17) is 0 Å². The number of halogens is 1. The molecule has 0 saturated heterocycles. The Morgan fingerprint density at radius 2 is 1.73 bits per heavy atom. The highest BCUT2D eigenvalue weighted by Gasteiger charge is 2.32. The zero-order valence-electron chi connectivity index (χ0n) is 12.5. The molecule has 3 rings (SSSR count). The zero-order valence-corrected chi connectivity index (χ0v) is 12.5. The van der Waals surface area contributed by atoms with Crippen LogP contribution in [0.15, 0.2) is 54.6 Å². The molecule has 1 N–H and O–H groups in total. The van der Waals surface area contributed by atoms with Gasteiger partial charge in [-0.05, 0) is 31.0 Å². The van der Waals surface area contributed by atoms with Crippen molar-refractivity contribution >= 4 is 11.5 Å².